The van der Waals surface area contributed by atoms with Gasteiger partial charge in [0.05, 0.1) is 12.5 Å². The second-order valence-electron chi connectivity index (χ2n) is 5.21. The standard InChI is InChI=1S/C16H18N2OS/c1-2-7-17-8-10-18(11-9-17)16(19)14-12-20-15-6-4-3-5-13(14)15/h1,3-6,14H,7-12H2. The Labute approximate surface area is 124 Å². The van der Waals surface area contributed by atoms with Gasteiger partial charge < -0.3 is 4.90 Å². The minimum absolute atomic E-state index is 0.0374. The molecule has 0 aromatic heterocycles. The second kappa shape index (κ2) is 5.90. The van der Waals surface area contributed by atoms with Crippen molar-refractivity contribution in [2.75, 3.05) is 38.5 Å². The number of carbonyl (C=O) groups excluding carboxylic acids is 1. The van der Waals surface area contributed by atoms with Gasteiger partial charge >= 0.3 is 0 Å². The number of terminal acetylenes is 1. The maximum absolute atomic E-state index is 12.7. The molecule has 3 rings (SSSR count). The zero-order valence-corrected chi connectivity index (χ0v) is 12.2. The lowest BCUT2D eigenvalue weighted by Crippen LogP contribution is -2.50. The molecule has 2 heterocycles. The molecule has 4 heteroatoms. The largest absolute Gasteiger partial charge is 0.340 e. The Hall–Kier alpha value is -1.44. The van der Waals surface area contributed by atoms with Crippen LogP contribution in [-0.4, -0.2) is 54.2 Å². The Bertz CT molecular complexity index is 544. The maximum atomic E-state index is 12.7. The van der Waals surface area contributed by atoms with Crippen LogP contribution in [0.5, 0.6) is 0 Å². The molecule has 1 aromatic rings. The number of thioether (sulfide) groups is 1. The van der Waals surface area contributed by atoms with Crippen LogP contribution in [0.2, 0.25) is 0 Å². The van der Waals surface area contributed by atoms with E-state index >= 15 is 0 Å². The van der Waals surface area contributed by atoms with Gasteiger partial charge in [0.25, 0.3) is 0 Å². The smallest absolute Gasteiger partial charge is 0.231 e. The lowest BCUT2D eigenvalue weighted by molar-refractivity contribution is -0.133. The summed E-state index contributed by atoms with van der Waals surface area (Å²) in [5, 5.41) is 0. The number of hydrogen-bond donors (Lipinski definition) is 0. The van der Waals surface area contributed by atoms with Crippen molar-refractivity contribution in [3.05, 3.63) is 29.8 Å². The number of amides is 1. The highest BCUT2D eigenvalue weighted by Gasteiger charge is 2.33. The third kappa shape index (κ3) is 2.56. The third-order valence-electron chi connectivity index (χ3n) is 4.00. The Balaban J connectivity index is 1.65. The van der Waals surface area contributed by atoms with Gasteiger partial charge in [-0.25, -0.2) is 0 Å². The van der Waals surface area contributed by atoms with Crippen LogP contribution in [-0.2, 0) is 4.79 Å². The van der Waals surface area contributed by atoms with Gasteiger partial charge in [0, 0.05) is 36.8 Å². The molecule has 1 saturated heterocycles. The zero-order valence-electron chi connectivity index (χ0n) is 11.4. The summed E-state index contributed by atoms with van der Waals surface area (Å²) in [6, 6.07) is 8.26. The number of carbonyl (C=O) groups is 1. The number of rotatable bonds is 2. The van der Waals surface area contributed by atoms with E-state index in [0.717, 1.165) is 31.9 Å². The third-order valence-corrected chi connectivity index (χ3v) is 5.18. The van der Waals surface area contributed by atoms with Gasteiger partial charge in [0.2, 0.25) is 5.91 Å². The first-order valence-electron chi connectivity index (χ1n) is 6.96. The molecule has 104 valence electrons. The maximum Gasteiger partial charge on any atom is 0.231 e. The van der Waals surface area contributed by atoms with Gasteiger partial charge in [-0.3, -0.25) is 9.69 Å². The molecule has 0 N–H and O–H groups in total. The van der Waals surface area contributed by atoms with Crippen LogP contribution in [0, 0.1) is 12.3 Å². The minimum atomic E-state index is 0.0374. The van der Waals surface area contributed by atoms with E-state index < -0.39 is 0 Å². The monoisotopic (exact) mass is 286 g/mol. The fourth-order valence-electron chi connectivity index (χ4n) is 2.84. The Morgan fingerprint density at radius 2 is 2.05 bits per heavy atom. The van der Waals surface area contributed by atoms with E-state index in [1.54, 1.807) is 11.8 Å². The van der Waals surface area contributed by atoms with Crippen molar-refractivity contribution in [3.63, 3.8) is 0 Å². The molecule has 1 amide bonds. The number of fused-ring (bicyclic) bond motifs is 1. The molecule has 20 heavy (non-hydrogen) atoms. The molecule has 1 atom stereocenters. The van der Waals surface area contributed by atoms with E-state index in [0.29, 0.717) is 6.54 Å². The van der Waals surface area contributed by atoms with Crippen LogP contribution in [0.1, 0.15) is 11.5 Å². The molecule has 0 aliphatic carbocycles. The summed E-state index contributed by atoms with van der Waals surface area (Å²) >= 11 is 1.79. The normalized spacial score (nSPS) is 22.4. The highest BCUT2D eigenvalue weighted by Crippen LogP contribution is 2.40. The highest BCUT2D eigenvalue weighted by atomic mass is 32.2. The van der Waals surface area contributed by atoms with Gasteiger partial charge in [-0.1, -0.05) is 24.1 Å². The first-order valence-corrected chi connectivity index (χ1v) is 7.94. The summed E-state index contributed by atoms with van der Waals surface area (Å²) in [5.41, 5.74) is 1.20. The van der Waals surface area contributed by atoms with Crippen LogP contribution >= 0.6 is 11.8 Å². The molecule has 0 spiro atoms. The first-order chi connectivity index (χ1) is 9.79. The van der Waals surface area contributed by atoms with Crippen molar-refractivity contribution in [1.82, 2.24) is 9.80 Å². The van der Waals surface area contributed by atoms with Gasteiger partial charge in [-0.15, -0.1) is 18.2 Å². The Kier molecular flexibility index (Phi) is 4.00. The minimum Gasteiger partial charge on any atom is -0.340 e. The van der Waals surface area contributed by atoms with Crippen LogP contribution < -0.4 is 0 Å². The Morgan fingerprint density at radius 3 is 2.80 bits per heavy atom. The van der Waals surface area contributed by atoms with Crippen molar-refractivity contribution in [3.8, 4) is 12.3 Å². The number of benzene rings is 1. The molecule has 2 aliphatic heterocycles. The molecule has 0 radical (unpaired) electrons. The van der Waals surface area contributed by atoms with Crippen molar-refractivity contribution >= 4 is 17.7 Å². The highest BCUT2D eigenvalue weighted by molar-refractivity contribution is 7.99. The summed E-state index contributed by atoms with van der Waals surface area (Å²) in [6.07, 6.45) is 5.33. The molecular formula is C16H18N2OS. The summed E-state index contributed by atoms with van der Waals surface area (Å²) < 4.78 is 0. The lowest BCUT2D eigenvalue weighted by Gasteiger charge is -2.35. The molecule has 1 unspecified atom stereocenters. The first kappa shape index (κ1) is 13.5. The van der Waals surface area contributed by atoms with E-state index in [4.69, 9.17) is 6.42 Å². The quantitative estimate of drug-likeness (QED) is 0.773. The van der Waals surface area contributed by atoms with Crippen molar-refractivity contribution in [2.24, 2.45) is 0 Å². The topological polar surface area (TPSA) is 23.6 Å². The molecule has 1 fully saturated rings. The van der Waals surface area contributed by atoms with Crippen LogP contribution in [0.15, 0.2) is 29.2 Å². The molecule has 2 aliphatic rings. The average Bonchev–Trinajstić information content (AvgIpc) is 2.92. The van der Waals surface area contributed by atoms with Crippen LogP contribution in [0.25, 0.3) is 0 Å². The van der Waals surface area contributed by atoms with Gasteiger partial charge in [-0.05, 0) is 11.6 Å². The SMILES string of the molecule is C#CCN1CCN(C(=O)C2CSc3ccccc32)CC1. The van der Waals surface area contributed by atoms with Crippen molar-refractivity contribution in [1.29, 1.82) is 0 Å². The molecule has 0 saturated carbocycles. The molecule has 0 bridgehead atoms. The van der Waals surface area contributed by atoms with E-state index in [1.807, 2.05) is 17.0 Å². The fraction of sp³-hybridized carbons (Fsp3) is 0.438. The second-order valence-corrected chi connectivity index (χ2v) is 6.27. The summed E-state index contributed by atoms with van der Waals surface area (Å²) in [7, 11) is 0. The average molecular weight is 286 g/mol. The summed E-state index contributed by atoms with van der Waals surface area (Å²) in [4.78, 5) is 18.2. The van der Waals surface area contributed by atoms with Gasteiger partial charge in [0.15, 0.2) is 0 Å². The molecule has 1 aromatic carbocycles. The molecule has 3 nitrogen and oxygen atoms in total. The predicted molar refractivity (Wildman–Crippen MR) is 81.8 cm³/mol. The van der Waals surface area contributed by atoms with Gasteiger partial charge in [0.1, 0.15) is 0 Å². The number of hydrogen-bond acceptors (Lipinski definition) is 3. The van der Waals surface area contributed by atoms with Crippen molar-refractivity contribution in [2.45, 2.75) is 10.8 Å². The van der Waals surface area contributed by atoms with E-state index in [1.165, 1.54) is 10.5 Å². The number of piperazine rings is 1. The molecular weight excluding hydrogens is 268 g/mol. The van der Waals surface area contributed by atoms with Crippen LogP contribution in [0.3, 0.4) is 0 Å². The predicted octanol–water partition coefficient (Wildman–Crippen LogP) is 1.65. The van der Waals surface area contributed by atoms with Gasteiger partial charge in [-0.2, -0.15) is 0 Å². The summed E-state index contributed by atoms with van der Waals surface area (Å²) in [6.45, 7) is 4.05. The lowest BCUT2D eigenvalue weighted by atomic mass is 9.99. The number of nitrogens with zero attached hydrogens (tertiary/aromatic N) is 2. The van der Waals surface area contributed by atoms with E-state index in [-0.39, 0.29) is 11.8 Å². The van der Waals surface area contributed by atoms with Crippen molar-refractivity contribution < 1.29 is 4.79 Å². The fourth-order valence-corrected chi connectivity index (χ4v) is 4.06. The summed E-state index contributed by atoms with van der Waals surface area (Å²) in [5.74, 6) is 3.86. The van der Waals surface area contributed by atoms with E-state index in [2.05, 4.69) is 23.0 Å². The Morgan fingerprint density at radius 1 is 1.30 bits per heavy atom. The van der Waals surface area contributed by atoms with Crippen LogP contribution in [0.4, 0.5) is 0 Å². The zero-order chi connectivity index (χ0) is 13.9. The van der Waals surface area contributed by atoms with E-state index in [9.17, 15) is 4.79 Å².